The van der Waals surface area contributed by atoms with E-state index in [1.165, 1.54) is 11.8 Å². The molecule has 2 aliphatic rings. The summed E-state index contributed by atoms with van der Waals surface area (Å²) in [5, 5.41) is 0.905. The Kier molecular flexibility index (Phi) is 4.88. The molecule has 2 aliphatic heterocycles. The fraction of sp³-hybridized carbons (Fsp3) is 0.286. The van der Waals surface area contributed by atoms with Crippen LogP contribution in [-0.4, -0.2) is 35.7 Å². The number of nitrogens with zero attached hydrogens (tertiary/aromatic N) is 2. The summed E-state index contributed by atoms with van der Waals surface area (Å²) in [4.78, 5) is 19.2. The number of esters is 1. The summed E-state index contributed by atoms with van der Waals surface area (Å²) >= 11 is 1.41. The number of fused-ring (bicyclic) bond motifs is 1. The normalized spacial score (nSPS) is 16.6. The minimum atomic E-state index is -0.261. The summed E-state index contributed by atoms with van der Waals surface area (Å²) in [6.07, 6.45) is 0. The molecule has 2 heterocycles. The third-order valence-corrected chi connectivity index (χ3v) is 4.08. The smallest absolute Gasteiger partial charge is 0.347 e. The number of carbonyl (C=O) groups excluding carboxylic acids is 1. The predicted octanol–water partition coefficient (Wildman–Crippen LogP) is 2.91. The van der Waals surface area contributed by atoms with E-state index in [0.29, 0.717) is 11.5 Å². The molecule has 0 unspecified atom stereocenters. The second-order valence-corrected chi connectivity index (χ2v) is 5.16. The maximum atomic E-state index is 12.1. The van der Waals surface area contributed by atoms with E-state index in [1.54, 1.807) is 0 Å². The van der Waals surface area contributed by atoms with Gasteiger partial charge >= 0.3 is 5.97 Å². The fourth-order valence-corrected chi connectivity index (χ4v) is 3.30. The topological polar surface area (TPSA) is 41.9 Å². The second-order valence-electron chi connectivity index (χ2n) is 4.18. The van der Waals surface area contributed by atoms with Crippen LogP contribution >= 0.6 is 28.7 Å². The number of thioether (sulfide) groups is 1. The molecule has 0 bridgehead atoms. The maximum absolute atomic E-state index is 12.1. The SMILES string of the molecule is Br.CCOC(=O)C1=C(c2ccccc2)N2CCN=C2S1. The van der Waals surface area contributed by atoms with Crippen molar-refractivity contribution < 1.29 is 9.53 Å². The average molecular weight is 355 g/mol. The van der Waals surface area contributed by atoms with Crippen LogP contribution in [0.2, 0.25) is 0 Å². The van der Waals surface area contributed by atoms with E-state index >= 15 is 0 Å². The van der Waals surface area contributed by atoms with E-state index in [1.807, 2.05) is 37.3 Å². The molecule has 0 saturated heterocycles. The Morgan fingerprint density at radius 1 is 1.40 bits per heavy atom. The number of halogens is 1. The van der Waals surface area contributed by atoms with Crippen molar-refractivity contribution in [3.63, 3.8) is 0 Å². The van der Waals surface area contributed by atoms with Crippen molar-refractivity contribution >= 4 is 45.6 Å². The zero-order chi connectivity index (χ0) is 13.2. The van der Waals surface area contributed by atoms with E-state index in [9.17, 15) is 4.79 Å². The summed E-state index contributed by atoms with van der Waals surface area (Å²) in [5.41, 5.74) is 1.96. The highest BCUT2D eigenvalue weighted by molar-refractivity contribution is 8.93. The van der Waals surface area contributed by atoms with Crippen molar-refractivity contribution in [3.05, 3.63) is 40.8 Å². The molecule has 6 heteroatoms. The van der Waals surface area contributed by atoms with Crippen LogP contribution in [0.3, 0.4) is 0 Å². The molecular weight excluding hydrogens is 340 g/mol. The molecule has 20 heavy (non-hydrogen) atoms. The molecule has 1 aromatic rings. The molecule has 0 amide bonds. The Morgan fingerprint density at radius 2 is 2.15 bits per heavy atom. The molecule has 0 N–H and O–H groups in total. The van der Waals surface area contributed by atoms with Gasteiger partial charge in [0.05, 0.1) is 18.8 Å². The molecule has 0 saturated carbocycles. The number of hydrogen-bond donors (Lipinski definition) is 0. The quantitative estimate of drug-likeness (QED) is 0.782. The van der Waals surface area contributed by atoms with E-state index < -0.39 is 0 Å². The van der Waals surface area contributed by atoms with Crippen molar-refractivity contribution in [1.82, 2.24) is 4.90 Å². The lowest BCUT2D eigenvalue weighted by Crippen LogP contribution is -2.20. The minimum absolute atomic E-state index is 0. The van der Waals surface area contributed by atoms with Gasteiger partial charge in [-0.1, -0.05) is 30.3 Å². The zero-order valence-corrected chi connectivity index (χ0v) is 13.6. The summed E-state index contributed by atoms with van der Waals surface area (Å²) in [6, 6.07) is 9.93. The molecule has 106 valence electrons. The molecule has 4 nitrogen and oxygen atoms in total. The van der Waals surface area contributed by atoms with Gasteiger partial charge in [0.15, 0.2) is 5.17 Å². The van der Waals surface area contributed by atoms with Crippen molar-refractivity contribution in [2.45, 2.75) is 6.92 Å². The Morgan fingerprint density at radius 3 is 2.85 bits per heavy atom. The van der Waals surface area contributed by atoms with Gasteiger partial charge in [-0.2, -0.15) is 0 Å². The summed E-state index contributed by atoms with van der Waals surface area (Å²) < 4.78 is 5.14. The van der Waals surface area contributed by atoms with Crippen molar-refractivity contribution in [2.24, 2.45) is 4.99 Å². The molecule has 0 radical (unpaired) electrons. The lowest BCUT2D eigenvalue weighted by Gasteiger charge is -2.16. The van der Waals surface area contributed by atoms with Gasteiger partial charge in [-0.3, -0.25) is 4.99 Å². The highest BCUT2D eigenvalue weighted by atomic mass is 79.9. The van der Waals surface area contributed by atoms with Gasteiger partial charge in [-0.05, 0) is 24.2 Å². The summed E-state index contributed by atoms with van der Waals surface area (Å²) in [7, 11) is 0. The van der Waals surface area contributed by atoms with E-state index in [4.69, 9.17) is 4.74 Å². The predicted molar refractivity (Wildman–Crippen MR) is 86.9 cm³/mol. The number of amidine groups is 1. The third kappa shape index (κ3) is 2.62. The second kappa shape index (κ2) is 6.45. The van der Waals surface area contributed by atoms with Crippen LogP contribution in [-0.2, 0) is 9.53 Å². The first-order valence-corrected chi connectivity index (χ1v) is 7.09. The first kappa shape index (κ1) is 15.1. The molecule has 0 aromatic heterocycles. The average Bonchev–Trinajstić information content (AvgIpc) is 2.99. The lowest BCUT2D eigenvalue weighted by atomic mass is 10.1. The molecule has 0 atom stereocenters. The molecule has 3 rings (SSSR count). The van der Waals surface area contributed by atoms with Gasteiger partial charge < -0.3 is 9.64 Å². The Bertz CT molecular complexity index is 572. The van der Waals surface area contributed by atoms with E-state index in [0.717, 1.165) is 29.5 Å². The molecule has 1 aromatic carbocycles. The van der Waals surface area contributed by atoms with Gasteiger partial charge in [0, 0.05) is 6.54 Å². The highest BCUT2D eigenvalue weighted by Gasteiger charge is 2.36. The van der Waals surface area contributed by atoms with Crippen LogP contribution in [0.25, 0.3) is 5.70 Å². The lowest BCUT2D eigenvalue weighted by molar-refractivity contribution is -0.137. The van der Waals surface area contributed by atoms with Crippen LogP contribution in [0.15, 0.2) is 40.2 Å². The largest absolute Gasteiger partial charge is 0.462 e. The Balaban J connectivity index is 0.00000147. The Labute approximate surface area is 132 Å². The van der Waals surface area contributed by atoms with Gasteiger partial charge in [-0.15, -0.1) is 17.0 Å². The number of carbonyl (C=O) groups is 1. The summed E-state index contributed by atoms with van der Waals surface area (Å²) in [6.45, 7) is 3.82. The number of benzene rings is 1. The number of aliphatic imine (C=N–C) groups is 1. The maximum Gasteiger partial charge on any atom is 0.347 e. The molecule has 0 fully saturated rings. The van der Waals surface area contributed by atoms with Gasteiger partial charge in [0.1, 0.15) is 4.91 Å². The third-order valence-electron chi connectivity index (χ3n) is 2.99. The first-order valence-electron chi connectivity index (χ1n) is 6.28. The van der Waals surface area contributed by atoms with Crippen LogP contribution in [0.4, 0.5) is 0 Å². The van der Waals surface area contributed by atoms with Crippen LogP contribution in [0.5, 0.6) is 0 Å². The van der Waals surface area contributed by atoms with Crippen molar-refractivity contribution in [3.8, 4) is 0 Å². The molecular formula is C14H15BrN2O2S. The van der Waals surface area contributed by atoms with E-state index in [-0.39, 0.29) is 23.0 Å². The van der Waals surface area contributed by atoms with Gasteiger partial charge in [0.25, 0.3) is 0 Å². The van der Waals surface area contributed by atoms with Crippen LogP contribution in [0.1, 0.15) is 12.5 Å². The Hall–Kier alpha value is -1.27. The fourth-order valence-electron chi connectivity index (χ4n) is 2.20. The monoisotopic (exact) mass is 354 g/mol. The zero-order valence-electron chi connectivity index (χ0n) is 11.0. The first-order chi connectivity index (χ1) is 9.31. The van der Waals surface area contributed by atoms with Crippen LogP contribution in [0, 0.1) is 0 Å². The molecule has 0 spiro atoms. The summed E-state index contributed by atoms with van der Waals surface area (Å²) in [5.74, 6) is -0.261. The number of ether oxygens (including phenoxy) is 1. The highest BCUT2D eigenvalue weighted by Crippen LogP contribution is 2.41. The molecule has 0 aliphatic carbocycles. The van der Waals surface area contributed by atoms with Gasteiger partial charge in [0.2, 0.25) is 0 Å². The van der Waals surface area contributed by atoms with Crippen LogP contribution < -0.4 is 0 Å². The minimum Gasteiger partial charge on any atom is -0.462 e. The number of hydrogen-bond acceptors (Lipinski definition) is 5. The standard InChI is InChI=1S/C14H14N2O2S.BrH/c1-2-18-13(17)12-11(10-6-4-3-5-7-10)16-9-8-15-14(16)19-12;/h3-7H,2,8-9H2,1H3;1H. The van der Waals surface area contributed by atoms with Crippen molar-refractivity contribution in [2.75, 3.05) is 19.7 Å². The van der Waals surface area contributed by atoms with Gasteiger partial charge in [-0.25, -0.2) is 4.79 Å². The number of rotatable bonds is 3. The van der Waals surface area contributed by atoms with E-state index in [2.05, 4.69) is 9.89 Å². The van der Waals surface area contributed by atoms with Crippen molar-refractivity contribution in [1.29, 1.82) is 0 Å².